The number of rotatable bonds is 5. The average Bonchev–Trinajstić information content (AvgIpc) is 3.27. The summed E-state index contributed by atoms with van der Waals surface area (Å²) >= 11 is 12.4. The van der Waals surface area contributed by atoms with Gasteiger partial charge in [-0.05, 0) is 53.6 Å². The molecule has 0 radical (unpaired) electrons. The molecular formula is C25H17Cl2F3N2O3. The summed E-state index contributed by atoms with van der Waals surface area (Å²) in [6.07, 6.45) is -4.64. The second-order valence-electron chi connectivity index (χ2n) is 7.67. The van der Waals surface area contributed by atoms with Crippen LogP contribution in [0, 0.1) is 0 Å². The van der Waals surface area contributed by atoms with Gasteiger partial charge in [-0.3, -0.25) is 0 Å². The summed E-state index contributed by atoms with van der Waals surface area (Å²) in [5, 5.41) is 4.03. The van der Waals surface area contributed by atoms with Gasteiger partial charge >= 0.3 is 6.18 Å². The molecule has 4 aromatic rings. The van der Waals surface area contributed by atoms with Crippen LogP contribution in [0.25, 0.3) is 16.8 Å². The predicted octanol–water partition coefficient (Wildman–Crippen LogP) is 7.22. The van der Waals surface area contributed by atoms with Crippen molar-refractivity contribution in [2.75, 3.05) is 13.2 Å². The van der Waals surface area contributed by atoms with Crippen molar-refractivity contribution >= 4 is 23.2 Å². The van der Waals surface area contributed by atoms with E-state index in [0.29, 0.717) is 30.5 Å². The molecule has 0 spiro atoms. The van der Waals surface area contributed by atoms with E-state index < -0.39 is 11.9 Å². The second-order valence-corrected chi connectivity index (χ2v) is 8.49. The van der Waals surface area contributed by atoms with Crippen LogP contribution in [-0.2, 0) is 12.8 Å². The van der Waals surface area contributed by atoms with Crippen molar-refractivity contribution in [1.29, 1.82) is 0 Å². The van der Waals surface area contributed by atoms with Crippen LogP contribution in [0.1, 0.15) is 11.4 Å². The lowest BCUT2D eigenvalue weighted by atomic mass is 10.0. The van der Waals surface area contributed by atoms with Crippen LogP contribution in [0.5, 0.6) is 17.2 Å². The molecule has 5 rings (SSSR count). The summed E-state index contributed by atoms with van der Waals surface area (Å²) in [5.74, 6) is 1.85. The molecule has 1 aromatic heterocycles. The number of aromatic nitrogens is 2. The number of ether oxygens (including phenoxy) is 3. The Labute approximate surface area is 208 Å². The first-order valence-corrected chi connectivity index (χ1v) is 11.3. The molecule has 10 heteroatoms. The van der Waals surface area contributed by atoms with Gasteiger partial charge in [0, 0.05) is 0 Å². The quantitative estimate of drug-likeness (QED) is 0.278. The monoisotopic (exact) mass is 520 g/mol. The van der Waals surface area contributed by atoms with E-state index in [-0.39, 0.29) is 28.0 Å². The first kappa shape index (κ1) is 23.4. The highest BCUT2D eigenvalue weighted by Gasteiger charge is 2.35. The predicted molar refractivity (Wildman–Crippen MR) is 126 cm³/mol. The van der Waals surface area contributed by atoms with Crippen molar-refractivity contribution in [2.45, 2.75) is 12.8 Å². The van der Waals surface area contributed by atoms with Crippen LogP contribution < -0.4 is 14.2 Å². The van der Waals surface area contributed by atoms with Crippen LogP contribution in [0.4, 0.5) is 13.2 Å². The van der Waals surface area contributed by atoms with Crippen LogP contribution in [0.2, 0.25) is 10.0 Å². The molecule has 3 aromatic carbocycles. The van der Waals surface area contributed by atoms with Gasteiger partial charge < -0.3 is 14.2 Å². The van der Waals surface area contributed by atoms with Crippen LogP contribution in [0.3, 0.4) is 0 Å². The van der Waals surface area contributed by atoms with Gasteiger partial charge in [-0.25, -0.2) is 4.68 Å². The molecule has 1 aliphatic rings. The van der Waals surface area contributed by atoms with Gasteiger partial charge in [0.25, 0.3) is 0 Å². The molecule has 0 atom stereocenters. The number of para-hydroxylation sites is 1. The van der Waals surface area contributed by atoms with Crippen molar-refractivity contribution in [3.63, 3.8) is 0 Å². The third-order valence-corrected chi connectivity index (χ3v) is 5.95. The maximum atomic E-state index is 13.4. The maximum Gasteiger partial charge on any atom is 0.435 e. The zero-order valence-electron chi connectivity index (χ0n) is 18.0. The molecule has 0 fully saturated rings. The van der Waals surface area contributed by atoms with Gasteiger partial charge in [-0.15, -0.1) is 0 Å². The zero-order chi connectivity index (χ0) is 24.6. The Morgan fingerprint density at radius 2 is 1.51 bits per heavy atom. The Balaban J connectivity index is 1.38. The van der Waals surface area contributed by atoms with E-state index in [1.54, 1.807) is 18.2 Å². The summed E-state index contributed by atoms with van der Waals surface area (Å²) < 4.78 is 58.1. The molecule has 0 bridgehead atoms. The molecule has 1 aliphatic heterocycles. The molecule has 5 nitrogen and oxygen atoms in total. The summed E-state index contributed by atoms with van der Waals surface area (Å²) in [7, 11) is 0. The Kier molecular flexibility index (Phi) is 6.25. The second kappa shape index (κ2) is 9.36. The minimum atomic E-state index is -4.64. The molecule has 2 heterocycles. The Morgan fingerprint density at radius 3 is 2.20 bits per heavy atom. The lowest BCUT2D eigenvalue weighted by molar-refractivity contribution is -0.141. The number of fused-ring (bicyclic) bond motifs is 1. The Bertz CT molecular complexity index is 1350. The van der Waals surface area contributed by atoms with E-state index in [0.717, 1.165) is 21.9 Å². The van der Waals surface area contributed by atoms with Crippen molar-refractivity contribution in [2.24, 2.45) is 0 Å². The van der Waals surface area contributed by atoms with Crippen molar-refractivity contribution in [1.82, 2.24) is 9.78 Å². The van der Waals surface area contributed by atoms with Gasteiger partial charge in [0.15, 0.2) is 17.2 Å². The smallest absolute Gasteiger partial charge is 0.435 e. The lowest BCUT2D eigenvalue weighted by Gasteiger charge is -2.19. The van der Waals surface area contributed by atoms with Crippen LogP contribution >= 0.6 is 23.2 Å². The van der Waals surface area contributed by atoms with Crippen LogP contribution in [0.15, 0.2) is 66.7 Å². The highest BCUT2D eigenvalue weighted by atomic mass is 35.5. The topological polar surface area (TPSA) is 45.5 Å². The molecule has 0 N–H and O–H groups in total. The lowest BCUT2D eigenvalue weighted by Crippen LogP contribution is -2.15. The molecule has 0 aliphatic carbocycles. The third-order valence-electron chi connectivity index (χ3n) is 5.34. The molecule has 0 unspecified atom stereocenters. The fraction of sp³-hybridized carbons (Fsp3) is 0.160. The van der Waals surface area contributed by atoms with E-state index in [9.17, 15) is 13.2 Å². The van der Waals surface area contributed by atoms with Gasteiger partial charge in [-0.1, -0.05) is 47.5 Å². The largest absolute Gasteiger partial charge is 0.487 e. The number of hydrogen-bond acceptors (Lipinski definition) is 4. The molecule has 180 valence electrons. The maximum absolute atomic E-state index is 13.4. The third kappa shape index (κ3) is 4.90. The van der Waals surface area contributed by atoms with Crippen LogP contribution in [-0.4, -0.2) is 23.0 Å². The van der Waals surface area contributed by atoms with E-state index >= 15 is 0 Å². The molecule has 35 heavy (non-hydrogen) atoms. The molecule has 0 amide bonds. The highest BCUT2D eigenvalue weighted by molar-refractivity contribution is 6.37. The first-order chi connectivity index (χ1) is 16.8. The van der Waals surface area contributed by atoms with Crippen molar-refractivity contribution in [3.05, 3.63) is 88.2 Å². The normalized spacial score (nSPS) is 13.1. The average molecular weight is 521 g/mol. The molecular weight excluding hydrogens is 504 g/mol. The summed E-state index contributed by atoms with van der Waals surface area (Å²) in [5.41, 5.74) is 1.08. The summed E-state index contributed by atoms with van der Waals surface area (Å²) in [4.78, 5) is 0. The summed E-state index contributed by atoms with van der Waals surface area (Å²) in [6.45, 7) is 0.827. The SMILES string of the molecule is FC(F)(F)c1cc(COc2ccc(-c3ccc4c(c3)OCCO4)cc2)n(-c2c(Cl)cccc2Cl)n1. The van der Waals surface area contributed by atoms with Gasteiger partial charge in [0.1, 0.15) is 31.3 Å². The zero-order valence-corrected chi connectivity index (χ0v) is 19.5. The molecule has 0 saturated carbocycles. The Hall–Kier alpha value is -3.36. The van der Waals surface area contributed by atoms with Crippen molar-refractivity contribution < 1.29 is 27.4 Å². The van der Waals surface area contributed by atoms with E-state index in [4.69, 9.17) is 37.4 Å². The minimum absolute atomic E-state index is 0.142. The fourth-order valence-corrected chi connectivity index (χ4v) is 4.23. The number of halogens is 5. The fourth-order valence-electron chi connectivity index (χ4n) is 3.67. The number of hydrogen-bond donors (Lipinski definition) is 0. The van der Waals surface area contributed by atoms with E-state index in [1.807, 2.05) is 30.3 Å². The van der Waals surface area contributed by atoms with E-state index in [2.05, 4.69) is 5.10 Å². The molecule has 0 saturated heterocycles. The number of alkyl halides is 3. The Morgan fingerprint density at radius 1 is 0.857 bits per heavy atom. The van der Waals surface area contributed by atoms with Gasteiger partial charge in [-0.2, -0.15) is 18.3 Å². The van der Waals surface area contributed by atoms with E-state index in [1.165, 1.54) is 12.1 Å². The number of nitrogens with zero attached hydrogens (tertiary/aromatic N) is 2. The first-order valence-electron chi connectivity index (χ1n) is 10.5. The van der Waals surface area contributed by atoms with Crippen molar-refractivity contribution in [3.8, 4) is 34.1 Å². The minimum Gasteiger partial charge on any atom is -0.487 e. The summed E-state index contributed by atoms with van der Waals surface area (Å²) in [6, 6.07) is 18.4. The highest BCUT2D eigenvalue weighted by Crippen LogP contribution is 2.36. The standard InChI is InChI=1S/C25H17Cl2F3N2O3/c26-19-2-1-3-20(27)24(19)32-17(13-23(31-32)25(28,29)30)14-35-18-7-4-15(5-8-18)16-6-9-21-22(12-16)34-11-10-33-21/h1-9,12-13H,10-11,14H2. The number of benzene rings is 3. The van der Waals surface area contributed by atoms with Gasteiger partial charge in [0.05, 0.1) is 15.7 Å². The van der Waals surface area contributed by atoms with Gasteiger partial charge in [0.2, 0.25) is 0 Å².